The monoisotopic (exact) mass is 378 g/mol. The Morgan fingerprint density at radius 3 is 1.74 bits per heavy atom. The van der Waals surface area contributed by atoms with Gasteiger partial charge in [-0.05, 0) is 28.3 Å². The zero-order valence-corrected chi connectivity index (χ0v) is 18.2. The van der Waals surface area contributed by atoms with Crippen LogP contribution in [0.15, 0.2) is 60.7 Å². The summed E-state index contributed by atoms with van der Waals surface area (Å²) >= 11 is 0. The molecule has 2 heteroatoms. The van der Waals surface area contributed by atoms with Gasteiger partial charge in [0.15, 0.2) is 0 Å². The number of hydrogen-bond acceptors (Lipinski definition) is 1. The van der Waals surface area contributed by atoms with Crippen LogP contribution in [0, 0.1) is 12.3 Å². The van der Waals surface area contributed by atoms with Crippen molar-refractivity contribution in [1.29, 1.82) is 0 Å². The maximum absolute atomic E-state index is 6.90. The molecule has 2 aromatic rings. The highest BCUT2D eigenvalue weighted by atomic mass is 28.4. The zero-order valence-electron chi connectivity index (χ0n) is 17.2. The summed E-state index contributed by atoms with van der Waals surface area (Å²) in [6.07, 6.45) is 12.2. The largest absolute Gasteiger partial charge is 0.407 e. The first-order chi connectivity index (χ1) is 13.0. The van der Waals surface area contributed by atoms with Gasteiger partial charge in [0.25, 0.3) is 8.32 Å². The summed E-state index contributed by atoms with van der Waals surface area (Å²) < 4.78 is 6.90. The van der Waals surface area contributed by atoms with Gasteiger partial charge >= 0.3 is 0 Å². The molecular weight excluding hydrogens is 344 g/mol. The summed E-state index contributed by atoms with van der Waals surface area (Å²) in [5.41, 5.74) is 0. The Hall–Kier alpha value is -1.82. The van der Waals surface area contributed by atoms with Crippen molar-refractivity contribution in [2.75, 3.05) is 6.61 Å². The molecule has 0 unspecified atom stereocenters. The van der Waals surface area contributed by atoms with Gasteiger partial charge < -0.3 is 4.43 Å². The lowest BCUT2D eigenvalue weighted by molar-refractivity contribution is 0.286. The van der Waals surface area contributed by atoms with Gasteiger partial charge in [0.2, 0.25) is 0 Å². The van der Waals surface area contributed by atoms with Crippen LogP contribution in [0.3, 0.4) is 0 Å². The van der Waals surface area contributed by atoms with Gasteiger partial charge in [0, 0.05) is 13.0 Å². The molecule has 0 saturated carbocycles. The van der Waals surface area contributed by atoms with Crippen molar-refractivity contribution in [2.45, 2.75) is 64.3 Å². The molecular formula is C25H34OSi. The molecule has 0 bridgehead atoms. The van der Waals surface area contributed by atoms with E-state index in [1.54, 1.807) is 0 Å². The highest BCUT2D eigenvalue weighted by molar-refractivity contribution is 6.99. The van der Waals surface area contributed by atoms with Crippen LogP contribution in [-0.4, -0.2) is 14.9 Å². The lowest BCUT2D eigenvalue weighted by Crippen LogP contribution is -2.66. The Kier molecular flexibility index (Phi) is 8.35. The maximum atomic E-state index is 6.90. The minimum Gasteiger partial charge on any atom is -0.407 e. The van der Waals surface area contributed by atoms with Gasteiger partial charge in [-0.15, -0.1) is 12.3 Å². The van der Waals surface area contributed by atoms with E-state index in [1.165, 1.54) is 29.6 Å². The van der Waals surface area contributed by atoms with E-state index in [9.17, 15) is 0 Å². The van der Waals surface area contributed by atoms with E-state index in [4.69, 9.17) is 10.8 Å². The summed E-state index contributed by atoms with van der Waals surface area (Å²) in [5, 5.41) is 2.78. The highest BCUT2D eigenvalue weighted by Crippen LogP contribution is 2.36. The minimum absolute atomic E-state index is 0.0580. The van der Waals surface area contributed by atoms with Crippen LogP contribution in [0.5, 0.6) is 0 Å². The average Bonchev–Trinajstić information content (AvgIpc) is 2.67. The van der Waals surface area contributed by atoms with Gasteiger partial charge in [-0.1, -0.05) is 101 Å². The molecule has 2 rings (SSSR count). The molecule has 0 aliphatic rings. The van der Waals surface area contributed by atoms with Gasteiger partial charge in [-0.25, -0.2) is 0 Å². The molecule has 0 radical (unpaired) electrons. The molecule has 0 aliphatic carbocycles. The predicted molar refractivity (Wildman–Crippen MR) is 120 cm³/mol. The molecule has 0 aliphatic heterocycles. The standard InChI is InChI=1S/C25H34OSi/c1-5-6-7-8-9-10-17-22-26-27(25(2,3)4,23-18-13-11-14-19-23)24-20-15-12-16-21-24/h1,11-16,18-21H,6-10,17,22H2,2-4H3. The molecule has 0 aromatic heterocycles. The smallest absolute Gasteiger partial charge is 0.261 e. The van der Waals surface area contributed by atoms with Crippen LogP contribution >= 0.6 is 0 Å². The van der Waals surface area contributed by atoms with Gasteiger partial charge in [0.1, 0.15) is 0 Å². The summed E-state index contributed by atoms with van der Waals surface area (Å²) in [5.74, 6) is 2.72. The Bertz CT molecular complexity index is 655. The second-order valence-electron chi connectivity index (χ2n) is 8.23. The third kappa shape index (κ3) is 5.58. The number of unbranched alkanes of at least 4 members (excludes halogenated alkanes) is 5. The van der Waals surface area contributed by atoms with Gasteiger partial charge in [-0.3, -0.25) is 0 Å². The van der Waals surface area contributed by atoms with Gasteiger partial charge in [0.05, 0.1) is 0 Å². The molecule has 0 fully saturated rings. The Balaban J connectivity index is 2.17. The van der Waals surface area contributed by atoms with E-state index in [2.05, 4.69) is 87.4 Å². The fraction of sp³-hybridized carbons (Fsp3) is 0.440. The zero-order chi connectivity index (χ0) is 19.6. The predicted octanol–water partition coefficient (Wildman–Crippen LogP) is 5.54. The number of rotatable bonds is 10. The van der Waals surface area contributed by atoms with Crippen molar-refractivity contribution in [3.63, 3.8) is 0 Å². The van der Waals surface area contributed by atoms with Crippen LogP contribution in [0.1, 0.15) is 59.3 Å². The van der Waals surface area contributed by atoms with Crippen LogP contribution in [0.25, 0.3) is 0 Å². The fourth-order valence-corrected chi connectivity index (χ4v) is 8.45. The summed E-state index contributed by atoms with van der Waals surface area (Å²) in [4.78, 5) is 0. The number of benzene rings is 2. The summed E-state index contributed by atoms with van der Waals surface area (Å²) in [6.45, 7) is 7.82. The van der Waals surface area contributed by atoms with Gasteiger partial charge in [-0.2, -0.15) is 0 Å². The van der Waals surface area contributed by atoms with Crippen LogP contribution in [0.4, 0.5) is 0 Å². The quantitative estimate of drug-likeness (QED) is 0.300. The van der Waals surface area contributed by atoms with E-state index >= 15 is 0 Å². The third-order valence-corrected chi connectivity index (χ3v) is 10.2. The van der Waals surface area contributed by atoms with Crippen molar-refractivity contribution in [3.8, 4) is 12.3 Å². The molecule has 0 atom stereocenters. The first-order valence-corrected chi connectivity index (χ1v) is 12.1. The second kappa shape index (κ2) is 10.5. The maximum Gasteiger partial charge on any atom is 0.261 e. The molecule has 0 saturated heterocycles. The average molecular weight is 379 g/mol. The van der Waals surface area contributed by atoms with Crippen LogP contribution < -0.4 is 10.4 Å². The molecule has 1 nitrogen and oxygen atoms in total. The van der Waals surface area contributed by atoms with Crippen molar-refractivity contribution >= 4 is 18.7 Å². The second-order valence-corrected chi connectivity index (χ2v) is 12.5. The Labute approximate surface area is 167 Å². The van der Waals surface area contributed by atoms with E-state index < -0.39 is 8.32 Å². The SMILES string of the molecule is C#CCCCCCCCO[Si](c1ccccc1)(c1ccccc1)C(C)(C)C. The van der Waals surface area contributed by atoms with E-state index in [-0.39, 0.29) is 5.04 Å². The molecule has 0 spiro atoms. The van der Waals surface area contributed by atoms with Crippen molar-refractivity contribution < 1.29 is 4.43 Å². The van der Waals surface area contributed by atoms with E-state index in [0.29, 0.717) is 0 Å². The van der Waals surface area contributed by atoms with Crippen LogP contribution in [-0.2, 0) is 4.43 Å². The van der Waals surface area contributed by atoms with Crippen molar-refractivity contribution in [2.24, 2.45) is 0 Å². The first-order valence-electron chi connectivity index (χ1n) is 10.2. The first kappa shape index (κ1) is 21.5. The fourth-order valence-electron chi connectivity index (χ4n) is 3.85. The Morgan fingerprint density at radius 1 is 0.778 bits per heavy atom. The lowest BCUT2D eigenvalue weighted by atomic mass is 10.1. The highest BCUT2D eigenvalue weighted by Gasteiger charge is 2.49. The number of hydrogen-bond donors (Lipinski definition) is 0. The normalized spacial score (nSPS) is 11.9. The molecule has 0 heterocycles. The summed E-state index contributed by atoms with van der Waals surface area (Å²) in [6, 6.07) is 21.8. The minimum atomic E-state index is -2.36. The van der Waals surface area contributed by atoms with Crippen molar-refractivity contribution in [3.05, 3.63) is 60.7 Å². The summed E-state index contributed by atoms with van der Waals surface area (Å²) in [7, 11) is -2.36. The molecule has 27 heavy (non-hydrogen) atoms. The molecule has 0 N–H and O–H groups in total. The van der Waals surface area contributed by atoms with E-state index in [0.717, 1.165) is 25.9 Å². The topological polar surface area (TPSA) is 9.23 Å². The third-order valence-electron chi connectivity index (χ3n) is 5.20. The molecule has 144 valence electrons. The Morgan fingerprint density at radius 2 is 1.26 bits per heavy atom. The van der Waals surface area contributed by atoms with Crippen molar-refractivity contribution in [1.82, 2.24) is 0 Å². The lowest BCUT2D eigenvalue weighted by Gasteiger charge is -2.43. The van der Waals surface area contributed by atoms with E-state index in [1.807, 2.05) is 0 Å². The molecule has 0 amide bonds. The molecule has 2 aromatic carbocycles. The van der Waals surface area contributed by atoms with Crippen LogP contribution in [0.2, 0.25) is 5.04 Å². The number of terminal acetylenes is 1.